The number of benzene rings is 2. The molecule has 0 aliphatic rings. The van der Waals surface area contributed by atoms with E-state index in [1.807, 2.05) is 39.2 Å². The van der Waals surface area contributed by atoms with Crippen LogP contribution in [-0.2, 0) is 6.54 Å². The van der Waals surface area contributed by atoms with Crippen LogP contribution in [0.5, 0.6) is 0 Å². The van der Waals surface area contributed by atoms with Gasteiger partial charge in [-0.05, 0) is 42.8 Å². The Hall–Kier alpha value is -1.55. The van der Waals surface area contributed by atoms with E-state index in [1.54, 1.807) is 6.07 Å². The van der Waals surface area contributed by atoms with E-state index in [0.717, 1.165) is 21.4 Å². The van der Waals surface area contributed by atoms with Gasteiger partial charge in [-0.3, -0.25) is 0 Å². The number of nitrogens with one attached hydrogen (secondary N) is 1. The van der Waals surface area contributed by atoms with Crippen molar-refractivity contribution in [1.82, 2.24) is 0 Å². The third-order valence-corrected chi connectivity index (χ3v) is 3.70. The summed E-state index contributed by atoms with van der Waals surface area (Å²) in [6.07, 6.45) is 0. The van der Waals surface area contributed by atoms with Gasteiger partial charge in [0.2, 0.25) is 0 Å². The number of nitrogens with zero attached hydrogens (tertiary/aromatic N) is 1. The Kier molecular flexibility index (Phi) is 4.65. The molecule has 0 amide bonds. The van der Waals surface area contributed by atoms with Crippen LogP contribution in [0, 0.1) is 12.7 Å². The zero-order valence-electron chi connectivity index (χ0n) is 11.9. The summed E-state index contributed by atoms with van der Waals surface area (Å²) < 4.78 is 14.5. The lowest BCUT2D eigenvalue weighted by atomic mass is 10.1. The van der Waals surface area contributed by atoms with Gasteiger partial charge in [0, 0.05) is 42.1 Å². The maximum absolute atomic E-state index is 13.7. The molecule has 20 heavy (non-hydrogen) atoms. The van der Waals surface area contributed by atoms with Gasteiger partial charge >= 0.3 is 0 Å². The minimum absolute atomic E-state index is 0.200. The lowest BCUT2D eigenvalue weighted by Gasteiger charge is -2.16. The molecule has 0 unspecified atom stereocenters. The molecular weight excluding hydrogens is 319 g/mol. The van der Waals surface area contributed by atoms with Gasteiger partial charge in [-0.15, -0.1) is 0 Å². The van der Waals surface area contributed by atoms with Crippen molar-refractivity contribution in [3.05, 3.63) is 57.8 Å². The van der Waals surface area contributed by atoms with Crippen LogP contribution >= 0.6 is 15.9 Å². The van der Waals surface area contributed by atoms with Gasteiger partial charge in [-0.1, -0.05) is 22.0 Å². The normalized spacial score (nSPS) is 10.4. The maximum Gasteiger partial charge on any atom is 0.129 e. The molecule has 0 saturated carbocycles. The van der Waals surface area contributed by atoms with E-state index < -0.39 is 0 Å². The lowest BCUT2D eigenvalue weighted by Crippen LogP contribution is -2.09. The van der Waals surface area contributed by atoms with Crippen LogP contribution in [0.3, 0.4) is 0 Å². The number of halogens is 2. The number of aryl methyl sites for hydroxylation is 1. The molecule has 0 aliphatic heterocycles. The predicted molar refractivity (Wildman–Crippen MR) is 86.9 cm³/mol. The first kappa shape index (κ1) is 14.9. The quantitative estimate of drug-likeness (QED) is 0.879. The van der Waals surface area contributed by atoms with Gasteiger partial charge in [0.15, 0.2) is 0 Å². The van der Waals surface area contributed by atoms with Gasteiger partial charge < -0.3 is 10.2 Å². The van der Waals surface area contributed by atoms with Crippen LogP contribution in [0.1, 0.15) is 11.1 Å². The van der Waals surface area contributed by atoms with Crippen molar-refractivity contribution in [3.63, 3.8) is 0 Å². The molecule has 2 nitrogen and oxygen atoms in total. The average Bonchev–Trinajstić information content (AvgIpc) is 2.38. The monoisotopic (exact) mass is 336 g/mol. The van der Waals surface area contributed by atoms with E-state index in [0.29, 0.717) is 12.1 Å². The second-order valence-corrected chi connectivity index (χ2v) is 5.90. The molecule has 2 aromatic rings. The summed E-state index contributed by atoms with van der Waals surface area (Å²) in [5.74, 6) is -0.200. The summed E-state index contributed by atoms with van der Waals surface area (Å²) in [6, 6.07) is 11.3. The summed E-state index contributed by atoms with van der Waals surface area (Å²) in [6.45, 7) is 2.52. The first-order valence-corrected chi connectivity index (χ1v) is 7.22. The second kappa shape index (κ2) is 6.27. The molecule has 0 atom stereocenters. The number of hydrogen-bond donors (Lipinski definition) is 1. The Morgan fingerprint density at radius 2 is 1.90 bits per heavy atom. The van der Waals surface area contributed by atoms with Crippen molar-refractivity contribution in [2.75, 3.05) is 24.3 Å². The highest BCUT2D eigenvalue weighted by Crippen LogP contribution is 2.22. The van der Waals surface area contributed by atoms with Gasteiger partial charge in [0.05, 0.1) is 0 Å². The van der Waals surface area contributed by atoms with Crippen molar-refractivity contribution in [2.45, 2.75) is 13.5 Å². The van der Waals surface area contributed by atoms with Crippen LogP contribution < -0.4 is 10.2 Å². The van der Waals surface area contributed by atoms with Crippen molar-refractivity contribution in [1.29, 1.82) is 0 Å². The molecule has 0 aromatic heterocycles. The van der Waals surface area contributed by atoms with Crippen molar-refractivity contribution in [3.8, 4) is 0 Å². The van der Waals surface area contributed by atoms with E-state index >= 15 is 0 Å². The average molecular weight is 337 g/mol. The first-order valence-electron chi connectivity index (χ1n) is 6.43. The molecule has 4 heteroatoms. The maximum atomic E-state index is 13.7. The number of hydrogen-bond acceptors (Lipinski definition) is 2. The smallest absolute Gasteiger partial charge is 0.129 e. The van der Waals surface area contributed by atoms with Crippen LogP contribution in [0.2, 0.25) is 0 Å². The number of rotatable bonds is 4. The van der Waals surface area contributed by atoms with Gasteiger partial charge in [-0.25, -0.2) is 4.39 Å². The highest BCUT2D eigenvalue weighted by Gasteiger charge is 2.05. The molecule has 2 rings (SSSR count). The van der Waals surface area contributed by atoms with E-state index in [1.165, 1.54) is 6.07 Å². The molecule has 0 radical (unpaired) electrons. The van der Waals surface area contributed by atoms with Gasteiger partial charge in [0.25, 0.3) is 0 Å². The summed E-state index contributed by atoms with van der Waals surface area (Å²) in [5.41, 5.74) is 3.98. The second-order valence-electron chi connectivity index (χ2n) is 4.98. The Morgan fingerprint density at radius 1 is 1.15 bits per heavy atom. The molecule has 0 heterocycles. The van der Waals surface area contributed by atoms with E-state index in [4.69, 9.17) is 0 Å². The molecule has 0 bridgehead atoms. The molecule has 0 spiro atoms. The molecule has 1 N–H and O–H groups in total. The summed E-state index contributed by atoms with van der Waals surface area (Å²) >= 11 is 3.26. The molecule has 106 valence electrons. The minimum Gasteiger partial charge on any atom is -0.381 e. The van der Waals surface area contributed by atoms with Crippen LogP contribution in [0.25, 0.3) is 0 Å². The topological polar surface area (TPSA) is 15.3 Å². The highest BCUT2D eigenvalue weighted by atomic mass is 79.9. The van der Waals surface area contributed by atoms with Gasteiger partial charge in [0.1, 0.15) is 5.82 Å². The third kappa shape index (κ3) is 3.51. The molecule has 2 aromatic carbocycles. The van der Waals surface area contributed by atoms with Crippen LogP contribution in [0.4, 0.5) is 15.8 Å². The first-order chi connectivity index (χ1) is 9.47. The molecule has 0 fully saturated rings. The Balaban J connectivity index is 2.11. The van der Waals surface area contributed by atoms with E-state index in [9.17, 15) is 4.39 Å². The fourth-order valence-corrected chi connectivity index (χ4v) is 2.31. The highest BCUT2D eigenvalue weighted by molar-refractivity contribution is 9.10. The molecule has 0 saturated heterocycles. The third-order valence-electron chi connectivity index (χ3n) is 3.21. The predicted octanol–water partition coefficient (Wildman–Crippen LogP) is 4.57. The Morgan fingerprint density at radius 3 is 2.50 bits per heavy atom. The Labute approximate surface area is 127 Å². The van der Waals surface area contributed by atoms with Crippen LogP contribution in [0.15, 0.2) is 40.9 Å². The largest absolute Gasteiger partial charge is 0.381 e. The van der Waals surface area contributed by atoms with Crippen molar-refractivity contribution >= 4 is 27.3 Å². The van der Waals surface area contributed by atoms with E-state index in [2.05, 4.69) is 32.2 Å². The van der Waals surface area contributed by atoms with Crippen molar-refractivity contribution in [2.24, 2.45) is 0 Å². The Bertz CT molecular complexity index is 611. The standard InChI is InChI=1S/C16H18BrFN2/c1-11-8-14(20(2)3)6-7-16(11)19-10-12-4-5-13(17)9-15(12)18/h4-9,19H,10H2,1-3H3. The van der Waals surface area contributed by atoms with Crippen molar-refractivity contribution < 1.29 is 4.39 Å². The lowest BCUT2D eigenvalue weighted by molar-refractivity contribution is 0.612. The van der Waals surface area contributed by atoms with E-state index in [-0.39, 0.29) is 5.82 Å². The summed E-state index contributed by atoms with van der Waals surface area (Å²) in [4.78, 5) is 2.06. The molecular formula is C16H18BrFN2. The zero-order chi connectivity index (χ0) is 14.7. The van der Waals surface area contributed by atoms with Gasteiger partial charge in [-0.2, -0.15) is 0 Å². The zero-order valence-corrected chi connectivity index (χ0v) is 13.5. The minimum atomic E-state index is -0.200. The summed E-state index contributed by atoms with van der Waals surface area (Å²) in [5, 5.41) is 3.28. The van der Waals surface area contributed by atoms with Crippen LogP contribution in [-0.4, -0.2) is 14.1 Å². The fourth-order valence-electron chi connectivity index (χ4n) is 1.98. The number of anilines is 2. The fraction of sp³-hybridized carbons (Fsp3) is 0.250. The SMILES string of the molecule is Cc1cc(N(C)C)ccc1NCc1ccc(Br)cc1F. The summed E-state index contributed by atoms with van der Waals surface area (Å²) in [7, 11) is 4.03. The molecule has 0 aliphatic carbocycles.